The predicted molar refractivity (Wildman–Crippen MR) is 90.5 cm³/mol. The number of amidine groups is 1. The molecule has 1 aliphatic heterocycles. The number of nitrogens with one attached hydrogen (secondary N) is 1. The molecule has 0 fully saturated rings. The molecule has 0 atom stereocenters. The lowest BCUT2D eigenvalue weighted by Gasteiger charge is -2.03. The fourth-order valence-electron chi connectivity index (χ4n) is 2.81. The summed E-state index contributed by atoms with van der Waals surface area (Å²) < 4.78 is 0. The number of hydrogen-bond acceptors (Lipinski definition) is 5. The van der Waals surface area contributed by atoms with Gasteiger partial charge < -0.3 is 5.32 Å². The standard InChI is InChI=1S/C16H15N3S2/c1-9-6-10(2)19-16-13(9)12-8-18-15(14(12)21-16)17-7-11-4-3-5-20-11/h3-6H,7-8H2,1-2H3,(H,17,18). The quantitative estimate of drug-likeness (QED) is 0.776. The number of rotatable bonds is 2. The molecule has 3 aromatic heterocycles. The largest absolute Gasteiger partial charge is 0.364 e. The fraction of sp³-hybridized carbons (Fsp3) is 0.250. The van der Waals surface area contributed by atoms with Crippen LogP contribution in [-0.2, 0) is 13.1 Å². The third-order valence-corrected chi connectivity index (χ3v) is 5.72. The van der Waals surface area contributed by atoms with Crippen molar-refractivity contribution in [2.24, 2.45) is 4.99 Å². The monoisotopic (exact) mass is 313 g/mol. The Kier molecular flexibility index (Phi) is 3.05. The van der Waals surface area contributed by atoms with Crippen LogP contribution < -0.4 is 5.32 Å². The lowest BCUT2D eigenvalue weighted by atomic mass is 10.1. The fourth-order valence-corrected chi connectivity index (χ4v) is 4.74. The SMILES string of the molecule is Cc1cc(C)c2c3c(sc2n1)C(NCc1cccs1)=NC3. The summed E-state index contributed by atoms with van der Waals surface area (Å²) in [5, 5.41) is 6.89. The lowest BCUT2D eigenvalue weighted by molar-refractivity contribution is 0.931. The van der Waals surface area contributed by atoms with Crippen molar-refractivity contribution in [2.45, 2.75) is 26.9 Å². The molecule has 106 valence electrons. The number of hydrogen-bond donors (Lipinski definition) is 1. The molecule has 0 amide bonds. The van der Waals surface area contributed by atoms with E-state index in [1.807, 2.05) is 0 Å². The lowest BCUT2D eigenvalue weighted by Crippen LogP contribution is -2.21. The van der Waals surface area contributed by atoms with E-state index in [2.05, 4.69) is 52.7 Å². The van der Waals surface area contributed by atoms with E-state index in [4.69, 9.17) is 0 Å². The Morgan fingerprint density at radius 3 is 3.05 bits per heavy atom. The molecular weight excluding hydrogens is 298 g/mol. The summed E-state index contributed by atoms with van der Waals surface area (Å²) in [6, 6.07) is 6.39. The van der Waals surface area contributed by atoms with Crippen molar-refractivity contribution in [1.82, 2.24) is 10.3 Å². The number of pyridine rings is 1. The van der Waals surface area contributed by atoms with Gasteiger partial charge in [0.05, 0.1) is 18.0 Å². The molecule has 1 aliphatic rings. The average molecular weight is 313 g/mol. The van der Waals surface area contributed by atoms with Gasteiger partial charge >= 0.3 is 0 Å². The highest BCUT2D eigenvalue weighted by molar-refractivity contribution is 7.20. The first-order valence-corrected chi connectivity index (χ1v) is 8.62. The van der Waals surface area contributed by atoms with Gasteiger partial charge in [-0.25, -0.2) is 4.98 Å². The normalized spacial score (nSPS) is 13.5. The molecule has 4 heterocycles. The summed E-state index contributed by atoms with van der Waals surface area (Å²) in [6.07, 6.45) is 0. The first-order chi connectivity index (χ1) is 10.2. The highest BCUT2D eigenvalue weighted by atomic mass is 32.1. The molecule has 21 heavy (non-hydrogen) atoms. The zero-order chi connectivity index (χ0) is 14.4. The maximum Gasteiger partial charge on any atom is 0.139 e. The third-order valence-electron chi connectivity index (χ3n) is 3.71. The first-order valence-electron chi connectivity index (χ1n) is 6.93. The Morgan fingerprint density at radius 2 is 2.24 bits per heavy atom. The van der Waals surface area contributed by atoms with Crippen molar-refractivity contribution in [2.75, 3.05) is 0 Å². The minimum absolute atomic E-state index is 0.772. The van der Waals surface area contributed by atoms with Crippen LogP contribution >= 0.6 is 22.7 Å². The summed E-state index contributed by atoms with van der Waals surface area (Å²) in [5.74, 6) is 1.03. The van der Waals surface area contributed by atoms with Crippen LogP contribution in [0.1, 0.15) is 26.6 Å². The number of fused-ring (bicyclic) bond motifs is 3. The Labute approximate surface area is 131 Å². The molecule has 0 aromatic carbocycles. The van der Waals surface area contributed by atoms with E-state index in [9.17, 15) is 0 Å². The van der Waals surface area contributed by atoms with E-state index in [0.29, 0.717) is 0 Å². The van der Waals surface area contributed by atoms with Crippen LogP contribution in [0.5, 0.6) is 0 Å². The van der Waals surface area contributed by atoms with Gasteiger partial charge in [-0.3, -0.25) is 4.99 Å². The minimum atomic E-state index is 0.772. The van der Waals surface area contributed by atoms with Crippen LogP contribution in [0.4, 0.5) is 0 Å². The molecule has 0 saturated carbocycles. The van der Waals surface area contributed by atoms with Gasteiger partial charge in [-0.1, -0.05) is 6.07 Å². The molecule has 0 bridgehead atoms. The molecule has 1 N–H and O–H groups in total. The number of aliphatic imine (C=N–C) groups is 1. The molecule has 0 unspecified atom stereocenters. The number of aryl methyl sites for hydroxylation is 2. The zero-order valence-corrected chi connectivity index (χ0v) is 13.6. The van der Waals surface area contributed by atoms with Crippen LogP contribution in [0.2, 0.25) is 0 Å². The summed E-state index contributed by atoms with van der Waals surface area (Å²) in [4.78, 5) is 13.1. The molecular formula is C16H15N3S2. The van der Waals surface area contributed by atoms with Gasteiger partial charge in [-0.05, 0) is 36.9 Å². The van der Waals surface area contributed by atoms with Gasteiger partial charge in [0, 0.05) is 21.5 Å². The van der Waals surface area contributed by atoms with Crippen molar-refractivity contribution < 1.29 is 0 Å². The van der Waals surface area contributed by atoms with Crippen molar-refractivity contribution in [3.8, 4) is 0 Å². The van der Waals surface area contributed by atoms with Gasteiger partial charge in [-0.15, -0.1) is 22.7 Å². The van der Waals surface area contributed by atoms with Crippen LogP contribution in [0.25, 0.3) is 10.2 Å². The molecule has 0 saturated heterocycles. The van der Waals surface area contributed by atoms with Crippen LogP contribution in [0.3, 0.4) is 0 Å². The number of aromatic nitrogens is 1. The zero-order valence-electron chi connectivity index (χ0n) is 11.9. The summed E-state index contributed by atoms with van der Waals surface area (Å²) in [6.45, 7) is 5.84. The Morgan fingerprint density at radius 1 is 1.33 bits per heavy atom. The van der Waals surface area contributed by atoms with Gasteiger partial charge in [0.15, 0.2) is 0 Å². The number of thiophene rings is 2. The molecule has 0 aliphatic carbocycles. The smallest absolute Gasteiger partial charge is 0.139 e. The van der Waals surface area contributed by atoms with E-state index < -0.39 is 0 Å². The maximum absolute atomic E-state index is 4.68. The maximum atomic E-state index is 4.68. The summed E-state index contributed by atoms with van der Waals surface area (Å²) >= 11 is 3.53. The van der Waals surface area contributed by atoms with E-state index in [0.717, 1.165) is 29.4 Å². The molecule has 0 radical (unpaired) electrons. The van der Waals surface area contributed by atoms with Crippen LogP contribution in [0.15, 0.2) is 28.6 Å². The number of nitrogens with zero attached hydrogens (tertiary/aromatic N) is 2. The topological polar surface area (TPSA) is 37.3 Å². The molecule has 0 spiro atoms. The van der Waals surface area contributed by atoms with Gasteiger partial charge in [0.2, 0.25) is 0 Å². The minimum Gasteiger partial charge on any atom is -0.364 e. The Bertz CT molecular complexity index is 844. The van der Waals surface area contributed by atoms with Crippen molar-refractivity contribution in [3.63, 3.8) is 0 Å². The Hall–Kier alpha value is -1.72. The van der Waals surface area contributed by atoms with Crippen molar-refractivity contribution in [3.05, 3.63) is 50.2 Å². The van der Waals surface area contributed by atoms with Crippen LogP contribution in [-0.4, -0.2) is 10.8 Å². The second-order valence-electron chi connectivity index (χ2n) is 5.27. The second-order valence-corrected chi connectivity index (χ2v) is 7.30. The molecule has 3 nitrogen and oxygen atoms in total. The van der Waals surface area contributed by atoms with E-state index in [-0.39, 0.29) is 0 Å². The highest BCUT2D eigenvalue weighted by Crippen LogP contribution is 2.36. The first kappa shape index (κ1) is 13.0. The van der Waals surface area contributed by atoms with Crippen molar-refractivity contribution in [1.29, 1.82) is 0 Å². The summed E-state index contributed by atoms with van der Waals surface area (Å²) in [5.41, 5.74) is 3.74. The molecule has 5 heteroatoms. The third kappa shape index (κ3) is 2.17. The average Bonchev–Trinajstić information content (AvgIpc) is 3.11. The van der Waals surface area contributed by atoms with E-state index in [1.54, 1.807) is 22.7 Å². The van der Waals surface area contributed by atoms with Gasteiger partial charge in [0.1, 0.15) is 10.7 Å². The molecule has 3 aromatic rings. The predicted octanol–water partition coefficient (Wildman–Crippen LogP) is 4.02. The van der Waals surface area contributed by atoms with E-state index in [1.165, 1.54) is 26.3 Å². The Balaban J connectivity index is 1.69. The second kappa shape index (κ2) is 4.93. The summed E-state index contributed by atoms with van der Waals surface area (Å²) in [7, 11) is 0. The van der Waals surface area contributed by atoms with E-state index >= 15 is 0 Å². The van der Waals surface area contributed by atoms with Crippen molar-refractivity contribution >= 4 is 38.7 Å². The van der Waals surface area contributed by atoms with Gasteiger partial charge in [0.25, 0.3) is 0 Å². The highest BCUT2D eigenvalue weighted by Gasteiger charge is 2.23. The van der Waals surface area contributed by atoms with Gasteiger partial charge in [-0.2, -0.15) is 0 Å². The molecule has 4 rings (SSSR count). The van der Waals surface area contributed by atoms with Crippen LogP contribution in [0, 0.1) is 13.8 Å².